The second-order valence-corrected chi connectivity index (χ2v) is 5.97. The molecule has 2 aromatic rings. The molecule has 1 N–H and O–H groups in total. The Morgan fingerprint density at radius 1 is 1.25 bits per heavy atom. The topological polar surface area (TPSA) is 21.3 Å². The lowest BCUT2D eigenvalue weighted by Crippen LogP contribution is -2.19. The van der Waals surface area contributed by atoms with E-state index in [4.69, 9.17) is 4.74 Å². The quantitative estimate of drug-likeness (QED) is 0.863. The summed E-state index contributed by atoms with van der Waals surface area (Å²) in [6.07, 6.45) is 2.04. The van der Waals surface area contributed by atoms with Crippen molar-refractivity contribution in [2.45, 2.75) is 32.7 Å². The van der Waals surface area contributed by atoms with Crippen LogP contribution in [0.2, 0.25) is 0 Å². The van der Waals surface area contributed by atoms with Gasteiger partial charge in [-0.2, -0.15) is 0 Å². The van der Waals surface area contributed by atoms with Crippen LogP contribution in [0.5, 0.6) is 5.75 Å². The van der Waals surface area contributed by atoms with Gasteiger partial charge in [0.2, 0.25) is 0 Å². The molecule has 0 bridgehead atoms. The number of methoxy groups -OCH3 is 1. The molecule has 1 aromatic carbocycles. The Labute approximate surface area is 125 Å². The van der Waals surface area contributed by atoms with Crippen molar-refractivity contribution in [3.8, 4) is 5.75 Å². The fraction of sp³-hybridized carbons (Fsp3) is 0.412. The van der Waals surface area contributed by atoms with Crippen LogP contribution in [0.25, 0.3) is 0 Å². The predicted molar refractivity (Wildman–Crippen MR) is 86.9 cm³/mol. The van der Waals surface area contributed by atoms with E-state index in [1.54, 1.807) is 7.11 Å². The molecule has 20 heavy (non-hydrogen) atoms. The molecule has 0 spiro atoms. The first-order valence-corrected chi connectivity index (χ1v) is 7.94. The van der Waals surface area contributed by atoms with Crippen molar-refractivity contribution >= 4 is 11.3 Å². The zero-order chi connectivity index (χ0) is 14.5. The summed E-state index contributed by atoms with van der Waals surface area (Å²) >= 11 is 1.84. The first-order valence-electron chi connectivity index (χ1n) is 7.06. The van der Waals surface area contributed by atoms with E-state index < -0.39 is 0 Å². The van der Waals surface area contributed by atoms with Gasteiger partial charge in [-0.25, -0.2) is 0 Å². The van der Waals surface area contributed by atoms with Crippen molar-refractivity contribution in [2.24, 2.45) is 0 Å². The Hall–Kier alpha value is -1.32. The smallest absolute Gasteiger partial charge is 0.122 e. The number of benzene rings is 1. The zero-order valence-corrected chi connectivity index (χ0v) is 13.5. The molecule has 0 fully saturated rings. The lowest BCUT2D eigenvalue weighted by Gasteiger charge is -2.18. The first-order chi connectivity index (χ1) is 9.69. The fourth-order valence-electron chi connectivity index (χ4n) is 2.56. The van der Waals surface area contributed by atoms with Gasteiger partial charge in [0.1, 0.15) is 5.75 Å². The molecule has 3 heteroatoms. The van der Waals surface area contributed by atoms with Gasteiger partial charge in [-0.05, 0) is 55.5 Å². The minimum Gasteiger partial charge on any atom is -0.496 e. The SMILES string of the molecule is CCc1ccsc1C(Cc1cc(C)ccc1OC)NC. The molecule has 0 saturated heterocycles. The van der Waals surface area contributed by atoms with Gasteiger partial charge in [0, 0.05) is 10.9 Å². The minimum absolute atomic E-state index is 0.348. The van der Waals surface area contributed by atoms with Gasteiger partial charge in [0.15, 0.2) is 0 Å². The van der Waals surface area contributed by atoms with Crippen LogP contribution in [0, 0.1) is 6.92 Å². The summed E-state index contributed by atoms with van der Waals surface area (Å²) in [7, 11) is 3.78. The summed E-state index contributed by atoms with van der Waals surface area (Å²) in [4.78, 5) is 1.44. The molecule has 0 radical (unpaired) electrons. The number of aryl methyl sites for hydroxylation is 2. The molecule has 1 heterocycles. The fourth-order valence-corrected chi connectivity index (χ4v) is 3.67. The van der Waals surface area contributed by atoms with Crippen molar-refractivity contribution in [1.29, 1.82) is 0 Å². The molecular formula is C17H23NOS. The number of thiophene rings is 1. The molecule has 108 valence electrons. The zero-order valence-electron chi connectivity index (χ0n) is 12.7. The van der Waals surface area contributed by atoms with Gasteiger partial charge in [-0.1, -0.05) is 24.6 Å². The molecular weight excluding hydrogens is 266 g/mol. The van der Waals surface area contributed by atoms with E-state index in [0.29, 0.717) is 6.04 Å². The van der Waals surface area contributed by atoms with Crippen LogP contribution in [0.1, 0.15) is 34.5 Å². The molecule has 0 aliphatic rings. The third-order valence-corrected chi connectivity index (χ3v) is 4.76. The maximum atomic E-state index is 5.50. The summed E-state index contributed by atoms with van der Waals surface area (Å²) in [5, 5.41) is 5.64. The summed E-state index contributed by atoms with van der Waals surface area (Å²) in [6, 6.07) is 8.96. The van der Waals surface area contributed by atoms with E-state index in [0.717, 1.165) is 18.6 Å². The van der Waals surface area contributed by atoms with Crippen LogP contribution >= 0.6 is 11.3 Å². The van der Waals surface area contributed by atoms with E-state index in [2.05, 4.69) is 48.8 Å². The van der Waals surface area contributed by atoms with Crippen LogP contribution < -0.4 is 10.1 Å². The van der Waals surface area contributed by atoms with Crippen LogP contribution in [0.3, 0.4) is 0 Å². The van der Waals surface area contributed by atoms with Crippen molar-refractivity contribution in [1.82, 2.24) is 5.32 Å². The number of nitrogens with one attached hydrogen (secondary N) is 1. The van der Waals surface area contributed by atoms with Gasteiger partial charge in [-0.15, -0.1) is 11.3 Å². The number of likely N-dealkylation sites (N-methyl/N-ethyl adjacent to an activating group) is 1. The number of hydrogen-bond donors (Lipinski definition) is 1. The summed E-state index contributed by atoms with van der Waals surface area (Å²) in [5.41, 5.74) is 3.99. The Morgan fingerprint density at radius 2 is 2.05 bits per heavy atom. The molecule has 2 rings (SSSR count). The van der Waals surface area contributed by atoms with E-state index in [-0.39, 0.29) is 0 Å². The lowest BCUT2D eigenvalue weighted by atomic mass is 9.99. The van der Waals surface area contributed by atoms with Gasteiger partial charge < -0.3 is 10.1 Å². The van der Waals surface area contributed by atoms with Crippen LogP contribution in [0.4, 0.5) is 0 Å². The molecule has 2 nitrogen and oxygen atoms in total. The normalized spacial score (nSPS) is 12.4. The average Bonchev–Trinajstić information content (AvgIpc) is 2.93. The molecule has 1 unspecified atom stereocenters. The van der Waals surface area contributed by atoms with Crippen molar-refractivity contribution < 1.29 is 4.74 Å². The Balaban J connectivity index is 2.29. The van der Waals surface area contributed by atoms with E-state index in [1.807, 2.05) is 18.4 Å². The maximum absolute atomic E-state index is 5.50. The summed E-state index contributed by atoms with van der Waals surface area (Å²) < 4.78 is 5.50. The highest BCUT2D eigenvalue weighted by atomic mass is 32.1. The first kappa shape index (κ1) is 15.1. The van der Waals surface area contributed by atoms with Crippen LogP contribution in [-0.4, -0.2) is 14.2 Å². The third-order valence-electron chi connectivity index (χ3n) is 3.69. The summed E-state index contributed by atoms with van der Waals surface area (Å²) in [6.45, 7) is 4.34. The number of hydrogen-bond acceptors (Lipinski definition) is 3. The lowest BCUT2D eigenvalue weighted by molar-refractivity contribution is 0.406. The van der Waals surface area contributed by atoms with Gasteiger partial charge in [0.25, 0.3) is 0 Å². The van der Waals surface area contributed by atoms with Crippen LogP contribution in [-0.2, 0) is 12.8 Å². The Morgan fingerprint density at radius 3 is 2.70 bits per heavy atom. The van der Waals surface area contributed by atoms with Gasteiger partial charge in [-0.3, -0.25) is 0 Å². The van der Waals surface area contributed by atoms with Crippen molar-refractivity contribution in [3.05, 3.63) is 51.2 Å². The molecule has 1 aromatic heterocycles. The Bertz CT molecular complexity index is 562. The number of ether oxygens (including phenoxy) is 1. The predicted octanol–water partition coefficient (Wildman–Crippen LogP) is 4.13. The monoisotopic (exact) mass is 289 g/mol. The summed E-state index contributed by atoms with van der Waals surface area (Å²) in [5.74, 6) is 0.977. The second-order valence-electron chi connectivity index (χ2n) is 5.02. The minimum atomic E-state index is 0.348. The molecule has 1 atom stereocenters. The largest absolute Gasteiger partial charge is 0.496 e. The number of rotatable bonds is 6. The van der Waals surface area contributed by atoms with Gasteiger partial charge >= 0.3 is 0 Å². The highest BCUT2D eigenvalue weighted by molar-refractivity contribution is 7.10. The molecule has 0 aliphatic carbocycles. The van der Waals surface area contributed by atoms with E-state index >= 15 is 0 Å². The highest BCUT2D eigenvalue weighted by Crippen LogP contribution is 2.30. The molecule has 0 saturated carbocycles. The highest BCUT2D eigenvalue weighted by Gasteiger charge is 2.17. The van der Waals surface area contributed by atoms with Crippen LogP contribution in [0.15, 0.2) is 29.6 Å². The standard InChI is InChI=1S/C17H23NOS/c1-5-13-8-9-20-17(13)15(18-3)11-14-10-12(2)6-7-16(14)19-4/h6-10,15,18H,5,11H2,1-4H3. The maximum Gasteiger partial charge on any atom is 0.122 e. The van der Waals surface area contributed by atoms with E-state index in [1.165, 1.54) is 21.6 Å². The van der Waals surface area contributed by atoms with Crippen molar-refractivity contribution in [2.75, 3.05) is 14.2 Å². The Kier molecular flexibility index (Phi) is 5.21. The second kappa shape index (κ2) is 6.91. The van der Waals surface area contributed by atoms with Crippen molar-refractivity contribution in [3.63, 3.8) is 0 Å². The molecule has 0 aliphatic heterocycles. The third kappa shape index (κ3) is 3.22. The van der Waals surface area contributed by atoms with E-state index in [9.17, 15) is 0 Å². The van der Waals surface area contributed by atoms with Gasteiger partial charge in [0.05, 0.1) is 7.11 Å². The molecule has 0 amide bonds. The average molecular weight is 289 g/mol.